The zero-order valence-electron chi connectivity index (χ0n) is 10.2. The first-order valence-corrected chi connectivity index (χ1v) is 8.17. The van der Waals surface area contributed by atoms with E-state index in [-0.39, 0.29) is 5.91 Å². The van der Waals surface area contributed by atoms with Gasteiger partial charge in [-0.1, -0.05) is 22.9 Å². The topological polar surface area (TPSA) is 42.0 Å². The van der Waals surface area contributed by atoms with Crippen LogP contribution in [-0.4, -0.2) is 10.9 Å². The molecule has 0 aliphatic rings. The Morgan fingerprint density at radius 1 is 1.42 bits per heavy atom. The van der Waals surface area contributed by atoms with Gasteiger partial charge in [0.05, 0.1) is 12.1 Å². The van der Waals surface area contributed by atoms with E-state index in [1.54, 1.807) is 17.4 Å². The summed E-state index contributed by atoms with van der Waals surface area (Å²) >= 11 is 8.38. The molecule has 100 valence electrons. The molecule has 0 saturated heterocycles. The number of carbonyl (C=O) groups excluding carboxylic acids is 1. The molecular formula is C13H12Br2N2OS. The summed E-state index contributed by atoms with van der Waals surface area (Å²) in [5.41, 5.74) is 0.621. The van der Waals surface area contributed by atoms with Gasteiger partial charge >= 0.3 is 0 Å². The molecule has 1 N–H and O–H groups in total. The van der Waals surface area contributed by atoms with Crippen LogP contribution in [0.5, 0.6) is 0 Å². The number of thiazole rings is 1. The molecule has 1 amide bonds. The zero-order valence-corrected chi connectivity index (χ0v) is 14.2. The number of hydrogen-bond donors (Lipinski definition) is 1. The smallest absolute Gasteiger partial charge is 0.252 e. The molecule has 0 spiro atoms. The lowest BCUT2D eigenvalue weighted by Gasteiger charge is -2.05. The average Bonchev–Trinajstić information content (AvgIpc) is 2.84. The lowest BCUT2D eigenvalue weighted by molar-refractivity contribution is 0.0950. The van der Waals surface area contributed by atoms with Crippen LogP contribution in [0.4, 0.5) is 0 Å². The molecule has 1 heterocycles. The second-order valence-corrected chi connectivity index (χ2v) is 6.85. The van der Waals surface area contributed by atoms with Crippen LogP contribution >= 0.6 is 43.2 Å². The summed E-state index contributed by atoms with van der Waals surface area (Å²) in [6.07, 6.45) is 2.84. The van der Waals surface area contributed by atoms with Gasteiger partial charge in [0.2, 0.25) is 0 Å². The van der Waals surface area contributed by atoms with Gasteiger partial charge in [-0.25, -0.2) is 4.98 Å². The second-order valence-electron chi connectivity index (χ2n) is 3.88. The Bertz CT molecular complexity index is 598. The molecule has 0 radical (unpaired) electrons. The highest BCUT2D eigenvalue weighted by atomic mass is 79.9. The number of nitrogens with one attached hydrogen (secondary N) is 1. The predicted molar refractivity (Wildman–Crippen MR) is 84.5 cm³/mol. The first-order valence-electron chi connectivity index (χ1n) is 5.77. The maximum absolute atomic E-state index is 12.0. The van der Waals surface area contributed by atoms with Gasteiger partial charge in [-0.2, -0.15) is 0 Å². The molecule has 19 heavy (non-hydrogen) atoms. The van der Waals surface area contributed by atoms with Crippen LogP contribution in [0.3, 0.4) is 0 Å². The molecule has 0 unspecified atom stereocenters. The minimum absolute atomic E-state index is 0.104. The molecule has 0 aliphatic carbocycles. The summed E-state index contributed by atoms with van der Waals surface area (Å²) < 4.78 is 1.70. The van der Waals surface area contributed by atoms with E-state index in [1.807, 2.05) is 18.3 Å². The zero-order chi connectivity index (χ0) is 13.8. The van der Waals surface area contributed by atoms with E-state index in [0.717, 1.165) is 20.4 Å². The second kappa shape index (κ2) is 6.63. The number of aryl methyl sites for hydroxylation is 1. The van der Waals surface area contributed by atoms with Crippen molar-refractivity contribution in [1.82, 2.24) is 10.3 Å². The van der Waals surface area contributed by atoms with Crippen molar-refractivity contribution in [3.63, 3.8) is 0 Å². The van der Waals surface area contributed by atoms with Gasteiger partial charge in [-0.15, -0.1) is 11.3 Å². The van der Waals surface area contributed by atoms with Crippen LogP contribution in [0.1, 0.15) is 27.2 Å². The minimum Gasteiger partial charge on any atom is -0.345 e. The van der Waals surface area contributed by atoms with Crippen molar-refractivity contribution in [2.75, 3.05) is 0 Å². The van der Waals surface area contributed by atoms with Crippen molar-refractivity contribution >= 4 is 49.1 Å². The molecule has 3 nitrogen and oxygen atoms in total. The highest BCUT2D eigenvalue weighted by molar-refractivity contribution is 9.11. The number of halogens is 2. The van der Waals surface area contributed by atoms with E-state index in [4.69, 9.17) is 0 Å². The Kier molecular flexibility index (Phi) is 5.13. The van der Waals surface area contributed by atoms with Crippen LogP contribution < -0.4 is 5.32 Å². The van der Waals surface area contributed by atoms with Crippen molar-refractivity contribution in [3.8, 4) is 0 Å². The number of carbonyl (C=O) groups is 1. The van der Waals surface area contributed by atoms with Crippen molar-refractivity contribution in [3.05, 3.63) is 48.8 Å². The fourth-order valence-electron chi connectivity index (χ4n) is 1.52. The first kappa shape index (κ1) is 14.7. The molecule has 6 heteroatoms. The SMILES string of the molecule is CCc1cnc(CNC(=O)c2ccc(Br)cc2Br)s1. The van der Waals surface area contributed by atoms with Gasteiger partial charge in [-0.3, -0.25) is 4.79 Å². The normalized spacial score (nSPS) is 10.5. The Balaban J connectivity index is 2.01. The predicted octanol–water partition coefficient (Wildman–Crippen LogP) is 4.16. The number of hydrogen-bond acceptors (Lipinski definition) is 3. The van der Waals surface area contributed by atoms with Crippen molar-refractivity contribution < 1.29 is 4.79 Å². The molecule has 1 aromatic heterocycles. The van der Waals surface area contributed by atoms with Crippen molar-refractivity contribution in [1.29, 1.82) is 0 Å². The van der Waals surface area contributed by atoms with Gasteiger partial charge in [0.25, 0.3) is 5.91 Å². The largest absolute Gasteiger partial charge is 0.345 e. The van der Waals surface area contributed by atoms with E-state index >= 15 is 0 Å². The van der Waals surface area contributed by atoms with Gasteiger partial charge in [-0.05, 0) is 40.5 Å². The number of aromatic nitrogens is 1. The van der Waals surface area contributed by atoms with E-state index in [0.29, 0.717) is 12.1 Å². The summed E-state index contributed by atoms with van der Waals surface area (Å²) in [6.45, 7) is 2.56. The van der Waals surface area contributed by atoms with E-state index in [9.17, 15) is 4.79 Å². The fourth-order valence-corrected chi connectivity index (χ4v) is 3.55. The number of rotatable bonds is 4. The average molecular weight is 404 g/mol. The third-order valence-electron chi connectivity index (χ3n) is 2.53. The quantitative estimate of drug-likeness (QED) is 0.832. The molecule has 0 saturated carbocycles. The Labute approximate surface area is 132 Å². The highest BCUT2D eigenvalue weighted by Gasteiger charge is 2.10. The Hall–Kier alpha value is -0.720. The Morgan fingerprint density at radius 3 is 2.84 bits per heavy atom. The molecule has 0 bridgehead atoms. The monoisotopic (exact) mass is 402 g/mol. The standard InChI is InChI=1S/C13H12Br2N2OS/c1-2-9-6-16-12(19-9)7-17-13(18)10-4-3-8(14)5-11(10)15/h3-6H,2,7H2,1H3,(H,17,18). The van der Waals surface area contributed by atoms with E-state index in [1.165, 1.54) is 4.88 Å². The van der Waals surface area contributed by atoms with Gasteiger partial charge < -0.3 is 5.32 Å². The van der Waals surface area contributed by atoms with Gasteiger partial charge in [0, 0.05) is 20.0 Å². The minimum atomic E-state index is -0.104. The molecule has 2 rings (SSSR count). The summed E-state index contributed by atoms with van der Waals surface area (Å²) in [5.74, 6) is -0.104. The lowest BCUT2D eigenvalue weighted by Crippen LogP contribution is -2.23. The van der Waals surface area contributed by atoms with Crippen molar-refractivity contribution in [2.45, 2.75) is 19.9 Å². The summed E-state index contributed by atoms with van der Waals surface area (Å²) in [6, 6.07) is 5.48. The molecule has 0 aliphatic heterocycles. The molecule has 0 atom stereocenters. The van der Waals surface area contributed by atoms with Gasteiger partial charge in [0.1, 0.15) is 5.01 Å². The molecule has 0 fully saturated rings. The van der Waals surface area contributed by atoms with Crippen LogP contribution in [-0.2, 0) is 13.0 Å². The number of amides is 1. The third kappa shape index (κ3) is 3.87. The number of nitrogens with zero attached hydrogens (tertiary/aromatic N) is 1. The maximum Gasteiger partial charge on any atom is 0.252 e. The molecular weight excluding hydrogens is 392 g/mol. The van der Waals surface area contributed by atoms with Crippen LogP contribution in [0, 0.1) is 0 Å². The summed E-state index contributed by atoms with van der Waals surface area (Å²) in [5, 5.41) is 3.81. The lowest BCUT2D eigenvalue weighted by atomic mass is 10.2. The third-order valence-corrected chi connectivity index (χ3v) is 4.82. The van der Waals surface area contributed by atoms with E-state index < -0.39 is 0 Å². The Morgan fingerprint density at radius 2 is 2.21 bits per heavy atom. The fraction of sp³-hybridized carbons (Fsp3) is 0.231. The van der Waals surface area contributed by atoms with Crippen LogP contribution in [0.2, 0.25) is 0 Å². The maximum atomic E-state index is 12.0. The van der Waals surface area contributed by atoms with Crippen molar-refractivity contribution in [2.24, 2.45) is 0 Å². The first-order chi connectivity index (χ1) is 9.10. The molecule has 2 aromatic rings. The summed E-state index contributed by atoms with van der Waals surface area (Å²) in [4.78, 5) is 17.6. The van der Waals surface area contributed by atoms with E-state index in [2.05, 4.69) is 49.1 Å². The highest BCUT2D eigenvalue weighted by Crippen LogP contribution is 2.22. The van der Waals surface area contributed by atoms with Crippen LogP contribution in [0.25, 0.3) is 0 Å². The van der Waals surface area contributed by atoms with Crippen LogP contribution in [0.15, 0.2) is 33.3 Å². The molecule has 1 aromatic carbocycles. The van der Waals surface area contributed by atoms with Gasteiger partial charge in [0.15, 0.2) is 0 Å². The number of benzene rings is 1. The summed E-state index contributed by atoms with van der Waals surface area (Å²) in [7, 11) is 0.